The zero-order chi connectivity index (χ0) is 18.5. The maximum absolute atomic E-state index is 10.4. The number of nitrogens with zero attached hydrogens (tertiary/aromatic N) is 3. The topological polar surface area (TPSA) is 50.4 Å². The average Bonchev–Trinajstić information content (AvgIpc) is 3.28. The molecule has 2 aromatic heterocycles. The largest absolute Gasteiger partial charge is 0.386 e. The smallest absolute Gasteiger partial charge is 0.166 e. The number of halogens is 1. The van der Waals surface area contributed by atoms with Crippen LogP contribution < -0.4 is 0 Å². The fraction of sp³-hybridized carbons (Fsp3) is 0.333. The van der Waals surface area contributed by atoms with Crippen LogP contribution >= 0.6 is 11.6 Å². The zero-order valence-electron chi connectivity index (χ0n) is 14.8. The molecule has 0 saturated heterocycles. The van der Waals surface area contributed by atoms with Crippen LogP contribution in [0.25, 0.3) is 5.65 Å². The molecule has 5 heteroatoms. The van der Waals surface area contributed by atoms with E-state index in [2.05, 4.69) is 28.3 Å². The number of benzene rings is 1. The molecule has 1 aromatic carbocycles. The molecular weight excluding hydrogens is 346 g/mol. The van der Waals surface area contributed by atoms with E-state index in [4.69, 9.17) is 18.0 Å². The van der Waals surface area contributed by atoms with Gasteiger partial charge in [0.1, 0.15) is 5.82 Å². The summed E-state index contributed by atoms with van der Waals surface area (Å²) in [6.07, 6.45) is 9.93. The van der Waals surface area contributed by atoms with Crippen molar-refractivity contribution in [1.29, 1.82) is 0 Å². The first-order valence-corrected chi connectivity index (χ1v) is 9.04. The number of pyridine rings is 1. The molecular formula is C21H20ClN3O. The first kappa shape index (κ1) is 17.1. The van der Waals surface area contributed by atoms with E-state index in [1.165, 1.54) is 0 Å². The van der Waals surface area contributed by atoms with Crippen molar-refractivity contribution in [2.45, 2.75) is 44.1 Å². The number of hydrogen-bond donors (Lipinski definition) is 1. The Morgan fingerprint density at radius 3 is 2.73 bits per heavy atom. The summed E-state index contributed by atoms with van der Waals surface area (Å²) < 4.78 is 2.00. The van der Waals surface area contributed by atoms with E-state index < -0.39 is 5.60 Å². The van der Waals surface area contributed by atoms with Crippen molar-refractivity contribution >= 4 is 17.2 Å². The third-order valence-electron chi connectivity index (χ3n) is 5.16. The van der Waals surface area contributed by atoms with Gasteiger partial charge in [-0.1, -0.05) is 29.8 Å². The number of fused-ring (bicyclic) bond motifs is 1. The van der Waals surface area contributed by atoms with Crippen LogP contribution in [0.3, 0.4) is 0 Å². The molecule has 1 aliphatic rings. The van der Waals surface area contributed by atoms with Gasteiger partial charge in [0.15, 0.2) is 5.65 Å². The van der Waals surface area contributed by atoms with Crippen molar-refractivity contribution in [2.75, 3.05) is 0 Å². The summed E-state index contributed by atoms with van der Waals surface area (Å²) in [4.78, 5) is 0. The molecule has 0 radical (unpaired) electrons. The predicted molar refractivity (Wildman–Crippen MR) is 102 cm³/mol. The minimum absolute atomic E-state index is 0.175. The second-order valence-corrected chi connectivity index (χ2v) is 7.87. The molecule has 2 heterocycles. The standard InChI is InChI=1S/C21H20ClN3O/c1-4-6-14-13-15(8-9-17(14)22)21(10-11-21)19-24-23-18-16(20(2,3)26)7-5-12-25(18)19/h1,5,7-9,12-13,26H,6,10-11H2,2-3H3. The van der Waals surface area contributed by atoms with Crippen molar-refractivity contribution in [3.8, 4) is 12.3 Å². The summed E-state index contributed by atoms with van der Waals surface area (Å²) in [6, 6.07) is 9.87. The Hall–Kier alpha value is -2.35. The Bertz CT molecular complexity index is 1040. The van der Waals surface area contributed by atoms with Crippen LogP contribution in [0.5, 0.6) is 0 Å². The van der Waals surface area contributed by atoms with E-state index in [1.807, 2.05) is 28.8 Å². The van der Waals surface area contributed by atoms with Crippen LogP contribution in [0.4, 0.5) is 0 Å². The van der Waals surface area contributed by atoms with Crippen LogP contribution in [0.15, 0.2) is 36.5 Å². The molecule has 0 aliphatic heterocycles. The predicted octanol–water partition coefficient (Wildman–Crippen LogP) is 3.87. The third-order valence-corrected chi connectivity index (χ3v) is 5.53. The van der Waals surface area contributed by atoms with Crippen molar-refractivity contribution < 1.29 is 5.11 Å². The van der Waals surface area contributed by atoms with Gasteiger partial charge in [0, 0.05) is 23.2 Å². The summed E-state index contributed by atoms with van der Waals surface area (Å²) in [5.41, 5.74) is 2.42. The average molecular weight is 366 g/mol. The van der Waals surface area contributed by atoms with Crippen LogP contribution in [-0.4, -0.2) is 19.7 Å². The molecule has 4 nitrogen and oxygen atoms in total. The van der Waals surface area contributed by atoms with Crippen LogP contribution in [0, 0.1) is 12.3 Å². The molecule has 1 saturated carbocycles. The van der Waals surface area contributed by atoms with Gasteiger partial charge in [-0.05, 0) is 49.9 Å². The summed E-state index contributed by atoms with van der Waals surface area (Å²) >= 11 is 6.28. The Morgan fingerprint density at radius 1 is 1.31 bits per heavy atom. The van der Waals surface area contributed by atoms with E-state index in [1.54, 1.807) is 13.8 Å². The minimum Gasteiger partial charge on any atom is -0.386 e. The highest BCUT2D eigenvalue weighted by molar-refractivity contribution is 6.31. The molecule has 0 unspecified atom stereocenters. The third kappa shape index (κ3) is 2.59. The molecule has 0 bridgehead atoms. The number of hydrogen-bond acceptors (Lipinski definition) is 3. The highest BCUT2D eigenvalue weighted by Crippen LogP contribution is 2.53. The van der Waals surface area contributed by atoms with Crippen molar-refractivity contribution in [3.63, 3.8) is 0 Å². The van der Waals surface area contributed by atoms with Gasteiger partial charge in [-0.3, -0.25) is 4.40 Å². The summed E-state index contributed by atoms with van der Waals surface area (Å²) in [5, 5.41) is 20.0. The Morgan fingerprint density at radius 2 is 2.08 bits per heavy atom. The Balaban J connectivity index is 1.86. The Kier molecular flexibility index (Phi) is 3.83. The molecule has 1 aliphatic carbocycles. The molecule has 132 valence electrons. The fourth-order valence-electron chi connectivity index (χ4n) is 3.60. The molecule has 0 spiro atoms. The highest BCUT2D eigenvalue weighted by Gasteiger charge is 2.50. The van der Waals surface area contributed by atoms with Crippen LogP contribution in [-0.2, 0) is 17.4 Å². The SMILES string of the molecule is C#CCc1cc(C2(c3nnc4c(C(C)(C)O)cccn34)CC2)ccc1Cl. The molecule has 4 rings (SSSR count). The monoisotopic (exact) mass is 365 g/mol. The lowest BCUT2D eigenvalue weighted by atomic mass is 9.92. The lowest BCUT2D eigenvalue weighted by Crippen LogP contribution is -2.18. The maximum atomic E-state index is 10.4. The normalized spacial score (nSPS) is 15.8. The molecule has 0 atom stereocenters. The molecule has 3 aromatic rings. The number of aromatic nitrogens is 3. The zero-order valence-corrected chi connectivity index (χ0v) is 15.6. The summed E-state index contributed by atoms with van der Waals surface area (Å²) in [5.74, 6) is 3.56. The van der Waals surface area contributed by atoms with Crippen molar-refractivity contribution in [3.05, 3.63) is 64.1 Å². The van der Waals surface area contributed by atoms with E-state index in [-0.39, 0.29) is 5.41 Å². The minimum atomic E-state index is -0.982. The lowest BCUT2D eigenvalue weighted by molar-refractivity contribution is 0.0796. The van der Waals surface area contributed by atoms with Crippen molar-refractivity contribution in [2.24, 2.45) is 0 Å². The second kappa shape index (κ2) is 5.84. The molecule has 0 amide bonds. The maximum Gasteiger partial charge on any atom is 0.166 e. The number of terminal acetylenes is 1. The summed E-state index contributed by atoms with van der Waals surface area (Å²) in [6.45, 7) is 3.52. The van der Waals surface area contributed by atoms with E-state index in [0.717, 1.165) is 35.4 Å². The quantitative estimate of drug-likeness (QED) is 0.714. The summed E-state index contributed by atoms with van der Waals surface area (Å²) in [7, 11) is 0. The fourth-order valence-corrected chi connectivity index (χ4v) is 3.79. The molecule has 1 fully saturated rings. The number of aliphatic hydroxyl groups is 1. The van der Waals surface area contributed by atoms with Gasteiger partial charge in [0.25, 0.3) is 0 Å². The van der Waals surface area contributed by atoms with Crippen molar-refractivity contribution in [1.82, 2.24) is 14.6 Å². The van der Waals surface area contributed by atoms with E-state index >= 15 is 0 Å². The highest BCUT2D eigenvalue weighted by atomic mass is 35.5. The first-order chi connectivity index (χ1) is 12.4. The van der Waals surface area contributed by atoms with Crippen LogP contribution in [0.1, 0.15) is 49.2 Å². The lowest BCUT2D eigenvalue weighted by Gasteiger charge is -2.19. The van der Waals surface area contributed by atoms with Gasteiger partial charge in [-0.2, -0.15) is 0 Å². The van der Waals surface area contributed by atoms with Crippen LogP contribution in [0.2, 0.25) is 5.02 Å². The first-order valence-electron chi connectivity index (χ1n) is 8.66. The van der Waals surface area contributed by atoms with Gasteiger partial charge in [-0.15, -0.1) is 22.5 Å². The number of rotatable bonds is 4. The Labute approximate surface area is 157 Å². The van der Waals surface area contributed by atoms with E-state index in [0.29, 0.717) is 17.1 Å². The molecule has 26 heavy (non-hydrogen) atoms. The molecule has 1 N–H and O–H groups in total. The van der Waals surface area contributed by atoms with Gasteiger partial charge in [0.05, 0.1) is 11.0 Å². The van der Waals surface area contributed by atoms with Gasteiger partial charge >= 0.3 is 0 Å². The van der Waals surface area contributed by atoms with Gasteiger partial charge in [0.2, 0.25) is 0 Å². The van der Waals surface area contributed by atoms with Gasteiger partial charge < -0.3 is 5.11 Å². The second-order valence-electron chi connectivity index (χ2n) is 7.47. The van der Waals surface area contributed by atoms with Gasteiger partial charge in [-0.25, -0.2) is 0 Å². The van der Waals surface area contributed by atoms with E-state index in [9.17, 15) is 5.11 Å².